The number of carbonyl (C=O) groups is 3. The molecule has 0 saturated carbocycles. The zero-order valence-electron chi connectivity index (χ0n) is 20.3. The molecule has 0 spiro atoms. The Hall–Kier alpha value is -2.83. The van der Waals surface area contributed by atoms with E-state index in [0.717, 1.165) is 16.7 Å². The number of benzene rings is 1. The number of likely N-dealkylation sites (N-methyl/N-ethyl adjacent to an activating group) is 1. The zero-order valence-corrected chi connectivity index (χ0v) is 20.3. The number of urea groups is 1. The lowest BCUT2D eigenvalue weighted by atomic mass is 9.91. The molecule has 174 valence electrons. The van der Waals surface area contributed by atoms with Gasteiger partial charge >= 0.3 is 6.03 Å². The predicted molar refractivity (Wildman–Crippen MR) is 125 cm³/mol. The summed E-state index contributed by atoms with van der Waals surface area (Å²) in [7, 11) is 1.68. The van der Waals surface area contributed by atoms with Crippen LogP contribution in [-0.2, 0) is 9.59 Å². The van der Waals surface area contributed by atoms with Crippen LogP contribution < -0.4 is 10.6 Å². The van der Waals surface area contributed by atoms with Gasteiger partial charge in [-0.2, -0.15) is 0 Å². The monoisotopic (exact) mass is 440 g/mol. The second kappa shape index (κ2) is 9.35. The molecule has 7 nitrogen and oxygen atoms in total. The van der Waals surface area contributed by atoms with Crippen LogP contribution in [0.5, 0.6) is 0 Å². The van der Waals surface area contributed by atoms with Crippen LogP contribution in [0, 0.1) is 25.7 Å². The van der Waals surface area contributed by atoms with E-state index < -0.39 is 12.1 Å². The summed E-state index contributed by atoms with van der Waals surface area (Å²) in [5, 5.41) is 5.99. The van der Waals surface area contributed by atoms with E-state index in [1.165, 1.54) is 4.90 Å². The molecule has 0 saturated heterocycles. The summed E-state index contributed by atoms with van der Waals surface area (Å²) >= 11 is 0. The molecule has 3 rings (SSSR count). The van der Waals surface area contributed by atoms with E-state index in [9.17, 15) is 14.4 Å². The van der Waals surface area contributed by atoms with E-state index in [4.69, 9.17) is 0 Å². The minimum atomic E-state index is -0.574. The first kappa shape index (κ1) is 23.8. The Bertz CT molecular complexity index is 951. The largest absolute Gasteiger partial charge is 0.354 e. The van der Waals surface area contributed by atoms with Gasteiger partial charge in [0.25, 0.3) is 5.91 Å². The van der Waals surface area contributed by atoms with Crippen LogP contribution in [0.3, 0.4) is 0 Å². The maximum atomic E-state index is 13.7. The van der Waals surface area contributed by atoms with E-state index in [1.807, 2.05) is 53.7 Å². The Morgan fingerprint density at radius 1 is 1.16 bits per heavy atom. The molecule has 1 aromatic carbocycles. The van der Waals surface area contributed by atoms with Gasteiger partial charge in [0.1, 0.15) is 6.04 Å². The summed E-state index contributed by atoms with van der Waals surface area (Å²) in [6, 6.07) is 4.68. The van der Waals surface area contributed by atoms with Crippen molar-refractivity contribution in [3.05, 3.63) is 46.2 Å². The summed E-state index contributed by atoms with van der Waals surface area (Å²) in [6.07, 6.45) is 0.565. The van der Waals surface area contributed by atoms with Crippen molar-refractivity contribution in [3.63, 3.8) is 0 Å². The molecule has 1 aromatic rings. The van der Waals surface area contributed by atoms with E-state index in [-0.39, 0.29) is 30.3 Å². The van der Waals surface area contributed by atoms with E-state index in [2.05, 4.69) is 16.7 Å². The van der Waals surface area contributed by atoms with Crippen molar-refractivity contribution in [1.29, 1.82) is 0 Å². The lowest BCUT2D eigenvalue weighted by Crippen LogP contribution is -2.50. The number of amides is 4. The highest BCUT2D eigenvalue weighted by molar-refractivity contribution is 6.03. The average molecular weight is 441 g/mol. The van der Waals surface area contributed by atoms with Crippen molar-refractivity contribution >= 4 is 17.8 Å². The van der Waals surface area contributed by atoms with Crippen LogP contribution in [0.1, 0.15) is 56.8 Å². The van der Waals surface area contributed by atoms with Gasteiger partial charge in [-0.3, -0.25) is 14.5 Å². The van der Waals surface area contributed by atoms with Crippen LogP contribution in [-0.4, -0.2) is 53.8 Å². The lowest BCUT2D eigenvalue weighted by Gasteiger charge is -2.31. The summed E-state index contributed by atoms with van der Waals surface area (Å²) in [4.78, 5) is 42.7. The number of nitrogens with zero attached hydrogens (tertiary/aromatic N) is 2. The Morgan fingerprint density at radius 2 is 1.84 bits per heavy atom. The summed E-state index contributed by atoms with van der Waals surface area (Å²) in [5.74, 6) is 0.247. The molecular formula is C25H36N4O3. The summed E-state index contributed by atoms with van der Waals surface area (Å²) in [5.41, 5.74) is 4.28. The molecule has 0 fully saturated rings. The van der Waals surface area contributed by atoms with E-state index in [0.29, 0.717) is 30.2 Å². The van der Waals surface area contributed by atoms with Gasteiger partial charge in [-0.15, -0.1) is 0 Å². The van der Waals surface area contributed by atoms with Crippen molar-refractivity contribution in [2.45, 2.75) is 60.0 Å². The second-order valence-corrected chi connectivity index (χ2v) is 9.88. The molecule has 2 aliphatic rings. The van der Waals surface area contributed by atoms with Gasteiger partial charge in [0.15, 0.2) is 0 Å². The van der Waals surface area contributed by atoms with Crippen LogP contribution >= 0.6 is 0 Å². The number of carbonyl (C=O) groups excluding carboxylic acids is 3. The minimum Gasteiger partial charge on any atom is -0.354 e. The number of hydrogen-bond acceptors (Lipinski definition) is 3. The first-order chi connectivity index (χ1) is 15.0. The molecule has 4 amide bonds. The fourth-order valence-electron chi connectivity index (χ4n) is 4.47. The number of hydrogen-bond donors (Lipinski definition) is 2. The first-order valence-corrected chi connectivity index (χ1v) is 11.4. The first-order valence-electron chi connectivity index (χ1n) is 11.4. The van der Waals surface area contributed by atoms with Crippen LogP contribution in [0.15, 0.2) is 29.5 Å². The average Bonchev–Trinajstić information content (AvgIpc) is 3.04. The standard InChI is InChI=1S/C25H36N4O3/c1-14(2)10-19(23(30)26-12-15(3)4)29-13-20-21(24(29)31)22(27-25(32)28(20)7)18-9-8-16(5)11-17(18)6/h8-9,11,14-15,19,22H,10,12-13H2,1-7H3,(H,26,30)(H,27,32). The van der Waals surface area contributed by atoms with Crippen LogP contribution in [0.25, 0.3) is 0 Å². The van der Waals surface area contributed by atoms with E-state index in [1.54, 1.807) is 11.9 Å². The lowest BCUT2D eigenvalue weighted by molar-refractivity contribution is -0.137. The molecule has 2 atom stereocenters. The van der Waals surface area contributed by atoms with Crippen molar-refractivity contribution < 1.29 is 14.4 Å². The predicted octanol–water partition coefficient (Wildman–Crippen LogP) is 3.28. The van der Waals surface area contributed by atoms with Crippen molar-refractivity contribution in [2.75, 3.05) is 20.1 Å². The smallest absolute Gasteiger partial charge is 0.322 e. The molecule has 2 heterocycles. The topological polar surface area (TPSA) is 81.8 Å². The number of aryl methyl sites for hydroxylation is 2. The van der Waals surface area contributed by atoms with Crippen molar-refractivity contribution in [2.24, 2.45) is 11.8 Å². The minimum absolute atomic E-state index is 0.134. The van der Waals surface area contributed by atoms with E-state index >= 15 is 0 Å². The number of nitrogens with one attached hydrogen (secondary N) is 2. The van der Waals surface area contributed by atoms with Gasteiger partial charge in [0.05, 0.1) is 23.9 Å². The third-order valence-corrected chi connectivity index (χ3v) is 6.18. The molecule has 7 heteroatoms. The van der Waals surface area contributed by atoms with Crippen LogP contribution in [0.2, 0.25) is 0 Å². The molecule has 2 aliphatic heterocycles. The molecule has 0 radical (unpaired) electrons. The van der Waals surface area contributed by atoms with Gasteiger partial charge in [0.2, 0.25) is 5.91 Å². The Balaban J connectivity index is 1.97. The third-order valence-electron chi connectivity index (χ3n) is 6.18. The molecule has 2 unspecified atom stereocenters. The Morgan fingerprint density at radius 3 is 2.44 bits per heavy atom. The molecule has 32 heavy (non-hydrogen) atoms. The molecule has 2 N–H and O–H groups in total. The zero-order chi connectivity index (χ0) is 23.7. The SMILES string of the molecule is Cc1ccc(C2NC(=O)N(C)C3=C2C(=O)N(C(CC(C)C)C(=O)NCC(C)C)C3)c(C)c1. The second-order valence-electron chi connectivity index (χ2n) is 9.88. The number of rotatable bonds is 7. The molecule has 0 aliphatic carbocycles. The van der Waals surface area contributed by atoms with Crippen LogP contribution in [0.4, 0.5) is 4.79 Å². The molecule has 0 aromatic heterocycles. The summed E-state index contributed by atoms with van der Waals surface area (Å²) in [6.45, 7) is 13.0. The molecular weight excluding hydrogens is 404 g/mol. The fourth-order valence-corrected chi connectivity index (χ4v) is 4.47. The Labute approximate surface area is 191 Å². The highest BCUT2D eigenvalue weighted by Gasteiger charge is 2.46. The van der Waals surface area contributed by atoms with Crippen molar-refractivity contribution in [1.82, 2.24) is 20.4 Å². The highest BCUT2D eigenvalue weighted by atomic mass is 16.2. The highest BCUT2D eigenvalue weighted by Crippen LogP contribution is 2.38. The van der Waals surface area contributed by atoms with Gasteiger partial charge in [0, 0.05) is 13.6 Å². The maximum Gasteiger partial charge on any atom is 0.322 e. The van der Waals surface area contributed by atoms with Crippen molar-refractivity contribution in [3.8, 4) is 0 Å². The quantitative estimate of drug-likeness (QED) is 0.683. The van der Waals surface area contributed by atoms with Gasteiger partial charge < -0.3 is 15.5 Å². The third kappa shape index (κ3) is 4.66. The fraction of sp³-hybridized carbons (Fsp3) is 0.560. The van der Waals surface area contributed by atoms with Gasteiger partial charge in [-0.1, -0.05) is 51.5 Å². The Kier molecular flexibility index (Phi) is 6.96. The van der Waals surface area contributed by atoms with Gasteiger partial charge in [-0.05, 0) is 43.2 Å². The van der Waals surface area contributed by atoms with Gasteiger partial charge in [-0.25, -0.2) is 4.79 Å². The normalized spacial score (nSPS) is 19.6. The molecule has 0 bridgehead atoms. The maximum absolute atomic E-state index is 13.7. The summed E-state index contributed by atoms with van der Waals surface area (Å²) < 4.78 is 0.